The molecule has 0 aromatic heterocycles. The van der Waals surface area contributed by atoms with Crippen LogP contribution in [0.2, 0.25) is 10.0 Å². The molecule has 0 fully saturated rings. The lowest BCUT2D eigenvalue weighted by Crippen LogP contribution is -2.31. The highest BCUT2D eigenvalue weighted by Crippen LogP contribution is 2.20. The molecule has 1 rings (SSSR count). The van der Waals surface area contributed by atoms with Crippen molar-refractivity contribution in [3.05, 3.63) is 33.8 Å². The van der Waals surface area contributed by atoms with E-state index in [1.807, 2.05) is 6.07 Å². The first-order valence-electron chi connectivity index (χ1n) is 4.94. The van der Waals surface area contributed by atoms with Crippen LogP contribution in [0.3, 0.4) is 0 Å². The fraction of sp³-hybridized carbons (Fsp3) is 0.167. The smallest absolute Gasteiger partial charge is 0.267 e. The summed E-state index contributed by atoms with van der Waals surface area (Å²) in [6.07, 6.45) is 0. The average Bonchev–Trinajstić information content (AvgIpc) is 2.36. The second-order valence-corrected chi connectivity index (χ2v) is 4.47. The van der Waals surface area contributed by atoms with E-state index in [4.69, 9.17) is 33.3 Å². The lowest BCUT2D eigenvalue weighted by molar-refractivity contribution is -0.101. The van der Waals surface area contributed by atoms with E-state index >= 15 is 0 Å². The van der Waals surface area contributed by atoms with Crippen LogP contribution in [0.1, 0.15) is 10.4 Å². The summed E-state index contributed by atoms with van der Waals surface area (Å²) in [4.78, 5) is 19.6. The van der Waals surface area contributed by atoms with Gasteiger partial charge < -0.3 is 0 Å². The van der Waals surface area contributed by atoms with Crippen molar-refractivity contribution in [2.24, 2.45) is 0 Å². The molecule has 98 valence electrons. The summed E-state index contributed by atoms with van der Waals surface area (Å²) in [5, 5.41) is 10.2. The third kappa shape index (κ3) is 5.10. The van der Waals surface area contributed by atoms with Crippen LogP contribution >= 0.6 is 39.1 Å². The van der Waals surface area contributed by atoms with Crippen molar-refractivity contribution < 1.29 is 9.63 Å². The Morgan fingerprint density at radius 3 is 2.53 bits per heavy atom. The van der Waals surface area contributed by atoms with Crippen LogP contribution in [0.25, 0.3) is 0 Å². The second kappa shape index (κ2) is 8.04. The number of halogens is 3. The van der Waals surface area contributed by atoms with Gasteiger partial charge >= 0.3 is 0 Å². The Kier molecular flexibility index (Phi) is 6.69. The highest BCUT2D eigenvalue weighted by atomic mass is 79.9. The lowest BCUT2D eigenvalue weighted by Gasteiger charge is -2.17. The number of carbonyl (C=O) groups excluding carboxylic acids is 1. The molecule has 0 atom stereocenters. The maximum atomic E-state index is 12.1. The van der Waals surface area contributed by atoms with E-state index < -0.39 is 5.91 Å². The molecule has 0 aliphatic heterocycles. The van der Waals surface area contributed by atoms with Crippen molar-refractivity contribution in [2.45, 2.75) is 0 Å². The molecular formula is C12H7BrCl2N2O2. The van der Waals surface area contributed by atoms with E-state index in [9.17, 15) is 4.79 Å². The molecule has 0 aliphatic rings. The molecule has 0 radical (unpaired) electrons. The summed E-state index contributed by atoms with van der Waals surface area (Å²) in [6, 6.07) is 6.22. The standard InChI is InChI=1S/C12H7BrCl2N2O2/c13-2-1-5-19-17(4-3-16)12(18)9-6-10(14)8-11(15)7-9/h6-8H,4-5H2. The molecule has 0 unspecified atom stereocenters. The Labute approximate surface area is 128 Å². The van der Waals surface area contributed by atoms with Gasteiger partial charge in [-0.15, -0.1) is 0 Å². The van der Waals surface area contributed by atoms with E-state index in [2.05, 4.69) is 26.7 Å². The van der Waals surface area contributed by atoms with Crippen molar-refractivity contribution in [2.75, 3.05) is 13.2 Å². The molecule has 4 nitrogen and oxygen atoms in total. The molecule has 0 bridgehead atoms. The molecular weight excluding hydrogens is 355 g/mol. The number of rotatable bonds is 4. The van der Waals surface area contributed by atoms with E-state index in [0.29, 0.717) is 10.0 Å². The molecule has 7 heteroatoms. The monoisotopic (exact) mass is 360 g/mol. The van der Waals surface area contributed by atoms with Crippen molar-refractivity contribution >= 4 is 45.0 Å². The van der Waals surface area contributed by atoms with Gasteiger partial charge in [-0.1, -0.05) is 29.1 Å². The largest absolute Gasteiger partial charge is 0.278 e. The van der Waals surface area contributed by atoms with Crippen LogP contribution in [0.4, 0.5) is 0 Å². The van der Waals surface area contributed by atoms with Crippen molar-refractivity contribution in [3.63, 3.8) is 0 Å². The van der Waals surface area contributed by atoms with Crippen molar-refractivity contribution in [1.29, 1.82) is 5.26 Å². The number of hydrogen-bond acceptors (Lipinski definition) is 3. The van der Waals surface area contributed by atoms with E-state index in [0.717, 1.165) is 5.06 Å². The highest BCUT2D eigenvalue weighted by molar-refractivity contribution is 9.12. The van der Waals surface area contributed by atoms with Gasteiger partial charge in [0.15, 0.2) is 0 Å². The zero-order valence-corrected chi connectivity index (χ0v) is 12.6. The van der Waals surface area contributed by atoms with Crippen LogP contribution in [-0.4, -0.2) is 24.1 Å². The predicted octanol–water partition coefficient (Wildman–Crippen LogP) is 3.25. The van der Waals surface area contributed by atoms with E-state index in [1.54, 1.807) is 0 Å². The molecule has 1 aromatic carbocycles. The van der Waals surface area contributed by atoms with Crippen molar-refractivity contribution in [3.8, 4) is 16.8 Å². The minimum Gasteiger partial charge on any atom is -0.267 e. The van der Waals surface area contributed by atoms with Gasteiger partial charge in [-0.05, 0) is 23.0 Å². The van der Waals surface area contributed by atoms with Gasteiger partial charge in [0.25, 0.3) is 5.91 Å². The summed E-state index contributed by atoms with van der Waals surface area (Å²) in [7, 11) is 0. The van der Waals surface area contributed by atoms with Gasteiger partial charge in [-0.3, -0.25) is 9.63 Å². The van der Waals surface area contributed by atoms with Crippen LogP contribution < -0.4 is 0 Å². The van der Waals surface area contributed by atoms with Crippen molar-refractivity contribution in [1.82, 2.24) is 5.06 Å². The molecule has 0 spiro atoms. The molecule has 1 aromatic rings. The minimum atomic E-state index is -0.512. The molecule has 1 amide bonds. The highest BCUT2D eigenvalue weighted by Gasteiger charge is 2.17. The van der Waals surface area contributed by atoms with Crippen LogP contribution in [0, 0.1) is 22.1 Å². The molecule has 0 N–H and O–H groups in total. The zero-order chi connectivity index (χ0) is 14.3. The first kappa shape index (κ1) is 15.8. The summed E-state index contributed by atoms with van der Waals surface area (Å²) in [5.41, 5.74) is 0.236. The summed E-state index contributed by atoms with van der Waals surface area (Å²) in [5.74, 6) is 2.04. The molecule has 0 saturated carbocycles. The van der Waals surface area contributed by atoms with Crippen LogP contribution in [0.5, 0.6) is 0 Å². The first-order chi connectivity index (χ1) is 9.08. The predicted molar refractivity (Wildman–Crippen MR) is 75.8 cm³/mol. The summed E-state index contributed by atoms with van der Waals surface area (Å²) in [6.45, 7) is -0.250. The summed E-state index contributed by atoms with van der Waals surface area (Å²) < 4.78 is 0. The van der Waals surface area contributed by atoms with Gasteiger partial charge in [0.1, 0.15) is 13.2 Å². The number of hydrogen-bond donors (Lipinski definition) is 0. The summed E-state index contributed by atoms with van der Waals surface area (Å²) >= 11 is 14.5. The molecule has 0 heterocycles. The van der Waals surface area contributed by atoms with Gasteiger partial charge in [0.2, 0.25) is 0 Å². The van der Waals surface area contributed by atoms with Gasteiger partial charge in [-0.2, -0.15) is 5.26 Å². The zero-order valence-electron chi connectivity index (χ0n) is 9.49. The Balaban J connectivity index is 2.91. The quantitative estimate of drug-likeness (QED) is 0.470. The number of benzene rings is 1. The van der Waals surface area contributed by atoms with Gasteiger partial charge in [-0.25, -0.2) is 5.06 Å². The number of amides is 1. The van der Waals surface area contributed by atoms with E-state index in [-0.39, 0.29) is 18.7 Å². The Morgan fingerprint density at radius 1 is 1.37 bits per heavy atom. The Hall–Kier alpha value is -1.24. The number of carbonyl (C=O) groups is 1. The fourth-order valence-electron chi connectivity index (χ4n) is 1.20. The normalized spacial score (nSPS) is 9.16. The third-order valence-corrected chi connectivity index (χ3v) is 2.63. The first-order valence-corrected chi connectivity index (χ1v) is 6.49. The SMILES string of the molecule is N#CCN(OCC#CBr)C(=O)c1cc(Cl)cc(Cl)c1. The number of nitriles is 1. The lowest BCUT2D eigenvalue weighted by atomic mass is 10.2. The fourth-order valence-corrected chi connectivity index (χ4v) is 1.84. The van der Waals surface area contributed by atoms with Crippen LogP contribution in [0.15, 0.2) is 18.2 Å². The topological polar surface area (TPSA) is 53.3 Å². The Morgan fingerprint density at radius 2 is 2.00 bits per heavy atom. The minimum absolute atomic E-state index is 0.0209. The maximum Gasteiger partial charge on any atom is 0.278 e. The third-order valence-electron chi connectivity index (χ3n) is 1.91. The van der Waals surface area contributed by atoms with E-state index in [1.165, 1.54) is 18.2 Å². The Bertz CT molecular complexity index is 555. The molecule has 0 saturated heterocycles. The number of nitrogens with zero attached hydrogens (tertiary/aromatic N) is 2. The average molecular weight is 362 g/mol. The maximum absolute atomic E-state index is 12.1. The molecule has 19 heavy (non-hydrogen) atoms. The van der Waals surface area contributed by atoms with Gasteiger partial charge in [0.05, 0.1) is 6.07 Å². The second-order valence-electron chi connectivity index (χ2n) is 3.20. The van der Waals surface area contributed by atoms with Crippen LogP contribution in [-0.2, 0) is 4.84 Å². The van der Waals surface area contributed by atoms with Gasteiger partial charge in [0, 0.05) is 31.5 Å². The molecule has 0 aliphatic carbocycles. The number of hydroxylamine groups is 2.